The molecule has 0 bridgehead atoms. The summed E-state index contributed by atoms with van der Waals surface area (Å²) in [7, 11) is 0. The van der Waals surface area contributed by atoms with Gasteiger partial charge in [0.15, 0.2) is 5.75 Å². The van der Waals surface area contributed by atoms with E-state index in [0.29, 0.717) is 11.3 Å². The molecular formula is C24H25N3O2. The van der Waals surface area contributed by atoms with Crippen molar-refractivity contribution in [2.45, 2.75) is 25.7 Å². The molecule has 0 saturated carbocycles. The second-order valence-electron chi connectivity index (χ2n) is 7.20. The number of rotatable bonds is 5. The highest BCUT2D eigenvalue weighted by atomic mass is 16.5. The fourth-order valence-electron chi connectivity index (χ4n) is 3.51. The second-order valence-corrected chi connectivity index (χ2v) is 7.20. The van der Waals surface area contributed by atoms with E-state index < -0.39 is 0 Å². The molecule has 3 aromatic rings. The predicted octanol–water partition coefficient (Wildman–Crippen LogP) is 5.63. The molecule has 0 radical (unpaired) electrons. The van der Waals surface area contributed by atoms with Crippen molar-refractivity contribution in [2.75, 3.05) is 18.4 Å². The zero-order valence-electron chi connectivity index (χ0n) is 16.4. The number of hydrogen-bond donors (Lipinski definition) is 1. The van der Waals surface area contributed by atoms with Crippen molar-refractivity contribution in [1.29, 1.82) is 0 Å². The van der Waals surface area contributed by atoms with Crippen molar-refractivity contribution in [3.63, 3.8) is 0 Å². The van der Waals surface area contributed by atoms with Crippen LogP contribution in [0.2, 0.25) is 0 Å². The second kappa shape index (κ2) is 9.24. The number of nitrogens with one attached hydrogen (secondary N) is 1. The molecule has 0 atom stereocenters. The van der Waals surface area contributed by atoms with Gasteiger partial charge in [-0.25, -0.2) is 0 Å². The zero-order chi connectivity index (χ0) is 19.9. The van der Waals surface area contributed by atoms with E-state index in [0.717, 1.165) is 43.1 Å². The van der Waals surface area contributed by atoms with E-state index >= 15 is 0 Å². The van der Waals surface area contributed by atoms with Crippen LogP contribution in [0.25, 0.3) is 0 Å². The fraction of sp³-hybridized carbons (Fsp3) is 0.250. The first kappa shape index (κ1) is 19.0. The Morgan fingerprint density at radius 3 is 2.41 bits per heavy atom. The molecule has 1 amide bonds. The van der Waals surface area contributed by atoms with Crippen LogP contribution in [0.15, 0.2) is 73.1 Å². The van der Waals surface area contributed by atoms with Crippen LogP contribution < -0.4 is 10.1 Å². The lowest BCUT2D eigenvalue weighted by molar-refractivity contribution is 0.0761. The number of anilines is 2. The molecule has 1 aliphatic rings. The summed E-state index contributed by atoms with van der Waals surface area (Å²) >= 11 is 0. The maximum atomic E-state index is 12.9. The molecule has 0 unspecified atom stereocenters. The summed E-state index contributed by atoms with van der Waals surface area (Å²) in [6.45, 7) is 1.65. The Labute approximate surface area is 171 Å². The minimum atomic E-state index is 0.0527. The molecule has 2 aromatic carbocycles. The molecule has 2 heterocycles. The number of likely N-dealkylation sites (tertiary alicyclic amines) is 1. The number of nitrogens with zero attached hydrogens (tertiary/aromatic N) is 2. The number of carbonyl (C=O) groups is 1. The zero-order valence-corrected chi connectivity index (χ0v) is 16.4. The van der Waals surface area contributed by atoms with Crippen LogP contribution in [0.5, 0.6) is 11.5 Å². The van der Waals surface area contributed by atoms with Crippen LogP contribution in [-0.2, 0) is 0 Å². The summed E-state index contributed by atoms with van der Waals surface area (Å²) in [5.41, 5.74) is 2.19. The number of benzene rings is 2. The lowest BCUT2D eigenvalue weighted by Gasteiger charge is -2.20. The molecular weight excluding hydrogens is 362 g/mol. The first-order valence-corrected chi connectivity index (χ1v) is 10.1. The van der Waals surface area contributed by atoms with E-state index in [-0.39, 0.29) is 5.91 Å². The molecule has 148 valence electrons. The highest BCUT2D eigenvalue weighted by Gasteiger charge is 2.18. The molecule has 5 nitrogen and oxygen atoms in total. The molecule has 5 heteroatoms. The topological polar surface area (TPSA) is 54.5 Å². The molecule has 4 rings (SSSR count). The average molecular weight is 387 g/mol. The molecule has 1 N–H and O–H groups in total. The van der Waals surface area contributed by atoms with Crippen LogP contribution in [0.3, 0.4) is 0 Å². The number of amides is 1. The number of aromatic nitrogens is 1. The van der Waals surface area contributed by atoms with Gasteiger partial charge in [0.05, 0.1) is 23.1 Å². The van der Waals surface area contributed by atoms with E-state index in [9.17, 15) is 4.79 Å². The molecule has 1 aromatic heterocycles. The summed E-state index contributed by atoms with van der Waals surface area (Å²) in [4.78, 5) is 19.1. The lowest BCUT2D eigenvalue weighted by Crippen LogP contribution is -2.31. The van der Waals surface area contributed by atoms with Crippen LogP contribution in [0, 0.1) is 0 Å². The van der Waals surface area contributed by atoms with Gasteiger partial charge in [-0.3, -0.25) is 9.78 Å². The van der Waals surface area contributed by atoms with E-state index in [4.69, 9.17) is 4.74 Å². The van der Waals surface area contributed by atoms with Crippen molar-refractivity contribution in [3.05, 3.63) is 78.6 Å². The minimum Gasteiger partial charge on any atom is -0.455 e. The third kappa shape index (κ3) is 4.93. The number of pyridine rings is 1. The maximum Gasteiger partial charge on any atom is 0.255 e. The number of hydrogen-bond acceptors (Lipinski definition) is 4. The highest BCUT2D eigenvalue weighted by molar-refractivity contribution is 5.95. The molecule has 1 saturated heterocycles. The summed E-state index contributed by atoms with van der Waals surface area (Å²) in [6, 6.07) is 19.3. The number of para-hydroxylation sites is 3. The van der Waals surface area contributed by atoms with E-state index in [1.54, 1.807) is 12.4 Å². The van der Waals surface area contributed by atoms with Crippen LogP contribution in [-0.4, -0.2) is 28.9 Å². The van der Waals surface area contributed by atoms with Gasteiger partial charge in [0.25, 0.3) is 5.91 Å². The lowest BCUT2D eigenvalue weighted by atomic mass is 10.2. The maximum absolute atomic E-state index is 12.9. The SMILES string of the molecule is O=C(c1cncc(Nc2ccccc2Oc2ccccc2)c1)N1CCCCCC1. The Morgan fingerprint density at radius 2 is 1.62 bits per heavy atom. The fourth-order valence-corrected chi connectivity index (χ4v) is 3.51. The monoisotopic (exact) mass is 387 g/mol. The summed E-state index contributed by atoms with van der Waals surface area (Å²) in [5, 5.41) is 3.35. The Hall–Kier alpha value is -3.34. The van der Waals surface area contributed by atoms with Crippen LogP contribution in [0.4, 0.5) is 11.4 Å². The quantitative estimate of drug-likeness (QED) is 0.616. The first-order valence-electron chi connectivity index (χ1n) is 10.1. The van der Waals surface area contributed by atoms with Gasteiger partial charge in [-0.2, -0.15) is 0 Å². The first-order chi connectivity index (χ1) is 14.3. The van der Waals surface area contributed by atoms with Crippen molar-refractivity contribution in [2.24, 2.45) is 0 Å². The van der Waals surface area contributed by atoms with Gasteiger partial charge in [-0.05, 0) is 43.2 Å². The summed E-state index contributed by atoms with van der Waals surface area (Å²) in [5.74, 6) is 1.53. The third-order valence-electron chi connectivity index (χ3n) is 5.02. The third-order valence-corrected chi connectivity index (χ3v) is 5.02. The Bertz CT molecular complexity index is 951. The van der Waals surface area contributed by atoms with Crippen LogP contribution in [0.1, 0.15) is 36.0 Å². The van der Waals surface area contributed by atoms with Crippen molar-refractivity contribution in [1.82, 2.24) is 9.88 Å². The van der Waals surface area contributed by atoms with Gasteiger partial charge in [0.2, 0.25) is 0 Å². The van der Waals surface area contributed by atoms with E-state index in [1.807, 2.05) is 65.6 Å². The highest BCUT2D eigenvalue weighted by Crippen LogP contribution is 2.31. The summed E-state index contributed by atoms with van der Waals surface area (Å²) < 4.78 is 6.01. The molecule has 1 fully saturated rings. The Kier molecular flexibility index (Phi) is 6.05. The molecule has 29 heavy (non-hydrogen) atoms. The van der Waals surface area contributed by atoms with Gasteiger partial charge >= 0.3 is 0 Å². The van der Waals surface area contributed by atoms with E-state index in [2.05, 4.69) is 10.3 Å². The van der Waals surface area contributed by atoms with Crippen LogP contribution >= 0.6 is 0 Å². The van der Waals surface area contributed by atoms with Crippen molar-refractivity contribution >= 4 is 17.3 Å². The molecule has 0 spiro atoms. The van der Waals surface area contributed by atoms with Crippen molar-refractivity contribution < 1.29 is 9.53 Å². The van der Waals surface area contributed by atoms with Gasteiger partial charge < -0.3 is 15.0 Å². The Balaban J connectivity index is 1.52. The predicted molar refractivity (Wildman–Crippen MR) is 115 cm³/mol. The van der Waals surface area contributed by atoms with Gasteiger partial charge in [-0.15, -0.1) is 0 Å². The average Bonchev–Trinajstić information content (AvgIpc) is 3.05. The standard InChI is InChI=1S/C24H25N3O2/c28-24(27-14-8-1-2-9-15-27)19-16-20(18-25-17-19)26-22-12-6-7-13-23(22)29-21-10-4-3-5-11-21/h3-7,10-13,16-18,26H,1-2,8-9,14-15H2. The van der Waals surface area contributed by atoms with Gasteiger partial charge in [-0.1, -0.05) is 43.2 Å². The summed E-state index contributed by atoms with van der Waals surface area (Å²) in [6.07, 6.45) is 7.90. The molecule has 1 aliphatic heterocycles. The number of carbonyl (C=O) groups excluding carboxylic acids is 1. The normalized spacial score (nSPS) is 14.1. The van der Waals surface area contributed by atoms with Gasteiger partial charge in [0, 0.05) is 19.3 Å². The van der Waals surface area contributed by atoms with Gasteiger partial charge in [0.1, 0.15) is 5.75 Å². The van der Waals surface area contributed by atoms with E-state index in [1.165, 1.54) is 12.8 Å². The smallest absolute Gasteiger partial charge is 0.255 e. The number of ether oxygens (including phenoxy) is 1. The van der Waals surface area contributed by atoms with Crippen molar-refractivity contribution in [3.8, 4) is 11.5 Å². The largest absolute Gasteiger partial charge is 0.455 e. The molecule has 0 aliphatic carbocycles. The Morgan fingerprint density at radius 1 is 0.897 bits per heavy atom. The minimum absolute atomic E-state index is 0.0527.